The minimum atomic E-state index is -1.02. The number of fused-ring (bicyclic) bond motifs is 1. The monoisotopic (exact) mass is 382 g/mol. The van der Waals surface area contributed by atoms with Gasteiger partial charge >= 0.3 is 0 Å². The Labute approximate surface area is 163 Å². The van der Waals surface area contributed by atoms with Gasteiger partial charge in [0.15, 0.2) is 0 Å². The van der Waals surface area contributed by atoms with Crippen LogP contribution in [0.2, 0.25) is 0 Å². The van der Waals surface area contributed by atoms with E-state index in [4.69, 9.17) is 4.74 Å². The molecule has 1 saturated heterocycles. The van der Waals surface area contributed by atoms with Gasteiger partial charge in [-0.05, 0) is 42.0 Å². The van der Waals surface area contributed by atoms with Gasteiger partial charge in [-0.15, -0.1) is 0 Å². The van der Waals surface area contributed by atoms with Crippen LogP contribution in [0, 0.1) is 0 Å². The zero-order valence-corrected chi connectivity index (χ0v) is 16.7. The van der Waals surface area contributed by atoms with E-state index < -0.39 is 11.0 Å². The molecular formula is C22H26N2O2S. The van der Waals surface area contributed by atoms with Gasteiger partial charge in [0, 0.05) is 44.3 Å². The molecule has 5 heteroatoms. The lowest BCUT2D eigenvalue weighted by Crippen LogP contribution is -2.46. The van der Waals surface area contributed by atoms with Crippen molar-refractivity contribution in [3.05, 3.63) is 71.3 Å². The van der Waals surface area contributed by atoms with Crippen LogP contribution >= 0.6 is 0 Å². The fourth-order valence-corrected chi connectivity index (χ4v) is 4.25. The van der Waals surface area contributed by atoms with Gasteiger partial charge in [0.25, 0.3) is 0 Å². The normalized spacial score (nSPS) is 19.9. The molecule has 0 radical (unpaired) electrons. The molecule has 1 N–H and O–H groups in total. The molecule has 0 saturated carbocycles. The van der Waals surface area contributed by atoms with Crippen molar-refractivity contribution in [3.8, 4) is 5.75 Å². The van der Waals surface area contributed by atoms with E-state index in [9.17, 15) is 4.21 Å². The first kappa shape index (κ1) is 18.4. The summed E-state index contributed by atoms with van der Waals surface area (Å²) in [5, 5.41) is 0. The van der Waals surface area contributed by atoms with Crippen molar-refractivity contribution in [2.45, 2.75) is 25.0 Å². The fraction of sp³-hybridized carbons (Fsp3) is 0.364. The molecule has 2 heterocycles. The zero-order valence-electron chi connectivity index (χ0n) is 15.9. The van der Waals surface area contributed by atoms with Crippen molar-refractivity contribution in [3.63, 3.8) is 0 Å². The maximum absolute atomic E-state index is 11.4. The number of nitrogens with zero attached hydrogens (tertiary/aromatic N) is 1. The van der Waals surface area contributed by atoms with Crippen molar-refractivity contribution in [2.75, 3.05) is 26.4 Å². The summed E-state index contributed by atoms with van der Waals surface area (Å²) in [4.78, 5) is 2.36. The Morgan fingerprint density at radius 2 is 1.93 bits per heavy atom. The van der Waals surface area contributed by atoms with Crippen LogP contribution in [0.4, 0.5) is 0 Å². The lowest BCUT2D eigenvalue weighted by Gasteiger charge is -2.42. The Bertz CT molecular complexity index is 885. The first-order chi connectivity index (χ1) is 13.0. The standard InChI is InChI=1S/C22H26N2O2S/c1-24-12-10-22(11-13-24)15-20(19-8-3-4-9-21(19)26-22)18-7-5-6-17(14-18)16-23-27(2)25/h3-9,14-15,23H,10-13,16H2,1-2H3. The number of hydrogen-bond donors (Lipinski definition) is 1. The highest BCUT2D eigenvalue weighted by Crippen LogP contribution is 2.43. The molecule has 2 aromatic carbocycles. The summed E-state index contributed by atoms with van der Waals surface area (Å²) >= 11 is 0. The number of likely N-dealkylation sites (tertiary alicyclic amines) is 1. The van der Waals surface area contributed by atoms with Crippen LogP contribution in [0.25, 0.3) is 5.57 Å². The van der Waals surface area contributed by atoms with E-state index in [-0.39, 0.29) is 5.60 Å². The average molecular weight is 383 g/mol. The van der Waals surface area contributed by atoms with Crippen molar-refractivity contribution in [1.82, 2.24) is 9.62 Å². The molecule has 27 heavy (non-hydrogen) atoms. The maximum Gasteiger partial charge on any atom is 0.130 e. The molecule has 1 fully saturated rings. The summed E-state index contributed by atoms with van der Waals surface area (Å²) in [5.41, 5.74) is 4.47. The molecule has 142 valence electrons. The number of ether oxygens (including phenoxy) is 1. The van der Waals surface area contributed by atoms with Gasteiger partial charge in [0.05, 0.1) is 11.0 Å². The first-order valence-electron chi connectivity index (χ1n) is 9.41. The zero-order chi connectivity index (χ0) is 18.9. The number of benzene rings is 2. The predicted octanol–water partition coefficient (Wildman–Crippen LogP) is 3.36. The van der Waals surface area contributed by atoms with Crippen LogP contribution in [0.1, 0.15) is 29.5 Å². The third-order valence-corrected chi connectivity index (χ3v) is 6.00. The highest BCUT2D eigenvalue weighted by molar-refractivity contribution is 7.82. The number of piperidine rings is 1. The smallest absolute Gasteiger partial charge is 0.130 e. The third-order valence-electron chi connectivity index (χ3n) is 5.45. The Morgan fingerprint density at radius 1 is 1.15 bits per heavy atom. The second kappa shape index (κ2) is 7.58. The molecular weight excluding hydrogens is 356 g/mol. The largest absolute Gasteiger partial charge is 0.482 e. The number of hydrogen-bond acceptors (Lipinski definition) is 3. The lowest BCUT2D eigenvalue weighted by molar-refractivity contribution is 0.0468. The first-order valence-corrected chi connectivity index (χ1v) is 11.0. The van der Waals surface area contributed by atoms with Gasteiger partial charge in [0.1, 0.15) is 11.4 Å². The van der Waals surface area contributed by atoms with Crippen LogP contribution < -0.4 is 9.46 Å². The van der Waals surface area contributed by atoms with Gasteiger partial charge in [-0.3, -0.25) is 0 Å². The lowest BCUT2D eigenvalue weighted by atomic mass is 9.83. The summed E-state index contributed by atoms with van der Waals surface area (Å²) < 4.78 is 20.9. The molecule has 0 bridgehead atoms. The second-order valence-corrected chi connectivity index (χ2v) is 8.70. The van der Waals surface area contributed by atoms with E-state index >= 15 is 0 Å². The third kappa shape index (κ3) is 4.00. The van der Waals surface area contributed by atoms with Crippen molar-refractivity contribution < 1.29 is 8.95 Å². The van der Waals surface area contributed by atoms with Gasteiger partial charge in [-0.25, -0.2) is 8.93 Å². The Hall–Kier alpha value is -1.95. The maximum atomic E-state index is 11.4. The highest BCUT2D eigenvalue weighted by atomic mass is 32.2. The molecule has 1 atom stereocenters. The van der Waals surface area contributed by atoms with Crippen LogP contribution in [0.5, 0.6) is 5.75 Å². The molecule has 2 aliphatic rings. The van der Waals surface area contributed by atoms with Crippen molar-refractivity contribution in [1.29, 1.82) is 0 Å². The summed E-state index contributed by atoms with van der Waals surface area (Å²) in [6, 6.07) is 16.8. The molecule has 1 spiro atoms. The minimum absolute atomic E-state index is 0.227. The summed E-state index contributed by atoms with van der Waals surface area (Å²) in [7, 11) is 1.15. The number of para-hydroxylation sites is 1. The Morgan fingerprint density at radius 3 is 2.70 bits per heavy atom. The highest BCUT2D eigenvalue weighted by Gasteiger charge is 2.38. The summed E-state index contributed by atoms with van der Waals surface area (Å²) in [6.45, 7) is 2.68. The second-order valence-electron chi connectivity index (χ2n) is 7.50. The van der Waals surface area contributed by atoms with Gasteiger partial charge in [-0.2, -0.15) is 0 Å². The fourth-order valence-electron chi connectivity index (χ4n) is 3.88. The molecule has 0 aliphatic carbocycles. The minimum Gasteiger partial charge on any atom is -0.482 e. The number of rotatable bonds is 4. The van der Waals surface area contributed by atoms with Crippen LogP contribution in [0.15, 0.2) is 54.6 Å². The van der Waals surface area contributed by atoms with Gasteiger partial charge < -0.3 is 9.64 Å². The molecule has 2 aliphatic heterocycles. The topological polar surface area (TPSA) is 41.6 Å². The molecule has 4 nitrogen and oxygen atoms in total. The van der Waals surface area contributed by atoms with E-state index in [2.05, 4.69) is 65.2 Å². The number of nitrogens with one attached hydrogen (secondary N) is 1. The van der Waals surface area contributed by atoms with E-state index in [0.29, 0.717) is 6.54 Å². The molecule has 1 unspecified atom stereocenters. The quantitative estimate of drug-likeness (QED) is 0.882. The van der Waals surface area contributed by atoms with Crippen LogP contribution in [-0.4, -0.2) is 41.1 Å². The van der Waals surface area contributed by atoms with Crippen molar-refractivity contribution in [2.24, 2.45) is 0 Å². The Kier molecular flexibility index (Phi) is 5.17. The summed E-state index contributed by atoms with van der Waals surface area (Å²) in [6.07, 6.45) is 5.99. The molecule has 0 amide bonds. The van der Waals surface area contributed by atoms with Crippen LogP contribution in [-0.2, 0) is 17.5 Å². The SMILES string of the molecule is CN1CCC2(C=C(c3cccc(CNS(C)=O)c3)c3ccccc3O2)CC1. The van der Waals surface area contributed by atoms with Crippen molar-refractivity contribution >= 4 is 16.6 Å². The molecule has 0 aromatic heterocycles. The molecule has 4 rings (SSSR count). The average Bonchev–Trinajstić information content (AvgIpc) is 2.68. The van der Waals surface area contributed by atoms with E-state index in [1.807, 2.05) is 6.07 Å². The van der Waals surface area contributed by atoms with Gasteiger partial charge in [0.2, 0.25) is 0 Å². The van der Waals surface area contributed by atoms with Gasteiger partial charge in [-0.1, -0.05) is 36.4 Å². The van der Waals surface area contributed by atoms with E-state index in [0.717, 1.165) is 42.8 Å². The van der Waals surface area contributed by atoms with E-state index in [1.54, 1.807) is 6.26 Å². The summed E-state index contributed by atoms with van der Waals surface area (Å²) in [5.74, 6) is 0.970. The predicted molar refractivity (Wildman–Crippen MR) is 111 cm³/mol. The molecule has 2 aromatic rings. The van der Waals surface area contributed by atoms with Crippen LogP contribution in [0.3, 0.4) is 0 Å². The Balaban J connectivity index is 1.73. The van der Waals surface area contributed by atoms with E-state index in [1.165, 1.54) is 11.1 Å².